The van der Waals surface area contributed by atoms with Gasteiger partial charge in [0, 0.05) is 6.20 Å². The molecule has 2 heterocycles. The van der Waals surface area contributed by atoms with Crippen LogP contribution in [-0.4, -0.2) is 50.5 Å². The van der Waals surface area contributed by atoms with Gasteiger partial charge in [0.25, 0.3) is 0 Å². The van der Waals surface area contributed by atoms with Gasteiger partial charge < -0.3 is 20.7 Å². The molecule has 2 rings (SSSR count). The number of aromatic nitrogens is 2. The Hall–Kier alpha value is -1.84. The predicted octanol–water partition coefficient (Wildman–Crippen LogP) is -2.02. The number of rotatable bonds is 3. The van der Waals surface area contributed by atoms with Gasteiger partial charge in [0.1, 0.15) is 24.1 Å². The lowest BCUT2D eigenvalue weighted by atomic mass is 10.1. The van der Waals surface area contributed by atoms with Crippen molar-refractivity contribution >= 4 is 11.6 Å². The fourth-order valence-electron chi connectivity index (χ4n) is 1.85. The Morgan fingerprint density at radius 3 is 2.79 bits per heavy atom. The number of nitrogens with two attached hydrogens (primary N) is 1. The molecule has 0 bridgehead atoms. The van der Waals surface area contributed by atoms with Crippen LogP contribution in [0.25, 0.3) is 0 Å². The number of aliphatic hydroxyl groups excluding tert-OH is 2. The van der Waals surface area contributed by atoms with E-state index in [1.807, 2.05) is 0 Å². The molecular formula is C10H12FN3O5. The molecule has 0 amide bonds. The highest BCUT2D eigenvalue weighted by molar-refractivity contribution is 5.85. The van der Waals surface area contributed by atoms with Crippen molar-refractivity contribution in [2.45, 2.75) is 24.5 Å². The van der Waals surface area contributed by atoms with Crippen LogP contribution in [0.2, 0.25) is 0 Å². The lowest BCUT2D eigenvalue weighted by Gasteiger charge is -2.16. The van der Waals surface area contributed by atoms with Crippen LogP contribution in [0.5, 0.6) is 0 Å². The zero-order chi connectivity index (χ0) is 14.2. The number of ether oxygens (including phenoxy) is 1. The molecule has 104 valence electrons. The number of hydrogen-bond donors (Lipinski definition) is 3. The Kier molecular flexibility index (Phi) is 3.60. The standard InChI is InChI=1S/C10H12FN3O5/c11-3-4(15)8-6(16)7(17)9(19-8)14-2-1-5(12)13-10(14)18/h1-2,6-9,16-17H,3H2,(H2,12,13,18)/t6-,7+,8+,9+/m0/s1. The van der Waals surface area contributed by atoms with Gasteiger partial charge in [-0.25, -0.2) is 9.18 Å². The van der Waals surface area contributed by atoms with Crippen LogP contribution in [0.1, 0.15) is 6.23 Å². The Balaban J connectivity index is 2.31. The number of aliphatic hydroxyl groups is 2. The lowest BCUT2D eigenvalue weighted by molar-refractivity contribution is -0.136. The van der Waals surface area contributed by atoms with E-state index in [4.69, 9.17) is 10.5 Å². The van der Waals surface area contributed by atoms with E-state index in [2.05, 4.69) is 4.98 Å². The molecule has 0 aromatic carbocycles. The largest absolute Gasteiger partial charge is 0.387 e. The fraction of sp³-hybridized carbons (Fsp3) is 0.500. The summed E-state index contributed by atoms with van der Waals surface area (Å²) in [4.78, 5) is 26.2. The molecule has 1 saturated heterocycles. The number of hydrogen-bond acceptors (Lipinski definition) is 7. The molecule has 0 unspecified atom stereocenters. The highest BCUT2D eigenvalue weighted by Crippen LogP contribution is 2.28. The lowest BCUT2D eigenvalue weighted by Crippen LogP contribution is -2.37. The highest BCUT2D eigenvalue weighted by Gasteiger charge is 2.47. The number of halogens is 1. The van der Waals surface area contributed by atoms with E-state index in [1.165, 1.54) is 12.3 Å². The second-order valence-electron chi connectivity index (χ2n) is 4.07. The third kappa shape index (κ3) is 2.35. The maximum absolute atomic E-state index is 12.3. The number of alkyl halides is 1. The summed E-state index contributed by atoms with van der Waals surface area (Å²) < 4.78 is 18.2. The molecule has 1 fully saturated rings. The summed E-state index contributed by atoms with van der Waals surface area (Å²) in [6.07, 6.45) is -4.81. The van der Waals surface area contributed by atoms with Gasteiger partial charge in [-0.2, -0.15) is 4.98 Å². The monoisotopic (exact) mass is 273 g/mol. The zero-order valence-corrected chi connectivity index (χ0v) is 9.64. The van der Waals surface area contributed by atoms with Crippen molar-refractivity contribution in [1.82, 2.24) is 9.55 Å². The number of carbonyl (C=O) groups excluding carboxylic acids is 1. The van der Waals surface area contributed by atoms with Gasteiger partial charge in [-0.1, -0.05) is 0 Å². The summed E-state index contributed by atoms with van der Waals surface area (Å²) in [5.41, 5.74) is 4.49. The average molecular weight is 273 g/mol. The second kappa shape index (κ2) is 5.03. The number of ketones is 1. The van der Waals surface area contributed by atoms with Gasteiger partial charge >= 0.3 is 5.69 Å². The fourth-order valence-corrected chi connectivity index (χ4v) is 1.85. The first kappa shape index (κ1) is 13.6. The molecule has 4 N–H and O–H groups in total. The SMILES string of the molecule is Nc1ccn([C@@H]2O[C@H](C(=O)CF)[C@@H](O)[C@H]2O)c(=O)n1. The second-order valence-corrected chi connectivity index (χ2v) is 4.07. The molecule has 0 radical (unpaired) electrons. The smallest absolute Gasteiger partial charge is 0.351 e. The van der Waals surface area contributed by atoms with Crippen LogP contribution in [0, 0.1) is 0 Å². The molecule has 1 aliphatic heterocycles. The molecule has 19 heavy (non-hydrogen) atoms. The summed E-state index contributed by atoms with van der Waals surface area (Å²) in [7, 11) is 0. The summed E-state index contributed by atoms with van der Waals surface area (Å²) >= 11 is 0. The number of carbonyl (C=O) groups is 1. The average Bonchev–Trinajstić information content (AvgIpc) is 2.66. The maximum atomic E-state index is 12.3. The molecule has 8 nitrogen and oxygen atoms in total. The molecule has 1 aromatic rings. The number of nitrogen functional groups attached to an aromatic ring is 1. The van der Waals surface area contributed by atoms with Gasteiger partial charge in [0.2, 0.25) is 0 Å². The van der Waals surface area contributed by atoms with E-state index in [0.29, 0.717) is 0 Å². The molecule has 4 atom stereocenters. The van der Waals surface area contributed by atoms with Gasteiger partial charge in [0.15, 0.2) is 18.7 Å². The van der Waals surface area contributed by atoms with Gasteiger partial charge in [-0.05, 0) is 6.07 Å². The van der Waals surface area contributed by atoms with Gasteiger partial charge in [-0.3, -0.25) is 9.36 Å². The number of nitrogens with zero attached hydrogens (tertiary/aromatic N) is 2. The van der Waals surface area contributed by atoms with Crippen LogP contribution in [0.4, 0.5) is 10.2 Å². The van der Waals surface area contributed by atoms with Crippen molar-refractivity contribution in [3.63, 3.8) is 0 Å². The first-order chi connectivity index (χ1) is 8.95. The van der Waals surface area contributed by atoms with Crippen molar-refractivity contribution in [2.24, 2.45) is 0 Å². The van der Waals surface area contributed by atoms with E-state index >= 15 is 0 Å². The minimum Gasteiger partial charge on any atom is -0.387 e. The topological polar surface area (TPSA) is 128 Å². The van der Waals surface area contributed by atoms with Crippen molar-refractivity contribution < 1.29 is 24.1 Å². The Morgan fingerprint density at radius 2 is 2.21 bits per heavy atom. The molecule has 1 aromatic heterocycles. The van der Waals surface area contributed by atoms with E-state index in [9.17, 15) is 24.2 Å². The van der Waals surface area contributed by atoms with Crippen molar-refractivity contribution in [3.8, 4) is 0 Å². The minimum absolute atomic E-state index is 0.0225. The summed E-state index contributed by atoms with van der Waals surface area (Å²) in [6.45, 7) is -1.34. The summed E-state index contributed by atoms with van der Waals surface area (Å²) in [5, 5.41) is 19.4. The van der Waals surface area contributed by atoms with Gasteiger partial charge in [-0.15, -0.1) is 0 Å². The highest BCUT2D eigenvalue weighted by atomic mass is 19.1. The number of Topliss-reactive ketones (excluding diaryl/α,β-unsaturated/α-hetero) is 1. The molecule has 0 saturated carbocycles. The Morgan fingerprint density at radius 1 is 1.53 bits per heavy atom. The van der Waals surface area contributed by atoms with Crippen LogP contribution >= 0.6 is 0 Å². The zero-order valence-electron chi connectivity index (χ0n) is 9.64. The Bertz CT molecular complexity index is 548. The van der Waals surface area contributed by atoms with E-state index in [-0.39, 0.29) is 5.82 Å². The summed E-state index contributed by atoms with van der Waals surface area (Å²) in [5.74, 6) is -1.03. The third-order valence-electron chi connectivity index (χ3n) is 2.81. The Labute approximate surface area is 106 Å². The van der Waals surface area contributed by atoms with Crippen molar-refractivity contribution in [1.29, 1.82) is 0 Å². The van der Waals surface area contributed by atoms with Gasteiger partial charge in [0.05, 0.1) is 0 Å². The maximum Gasteiger partial charge on any atom is 0.351 e. The molecule has 0 aliphatic carbocycles. The minimum atomic E-state index is -1.61. The first-order valence-corrected chi connectivity index (χ1v) is 5.40. The quantitative estimate of drug-likeness (QED) is 0.580. The first-order valence-electron chi connectivity index (χ1n) is 5.40. The van der Waals surface area contributed by atoms with Crippen molar-refractivity contribution in [2.75, 3.05) is 12.4 Å². The molecule has 0 spiro atoms. The molecule has 9 heteroatoms. The molecule has 1 aliphatic rings. The van der Waals surface area contributed by atoms with E-state index < -0.39 is 42.7 Å². The van der Waals surface area contributed by atoms with E-state index in [0.717, 1.165) is 4.57 Å². The molecular weight excluding hydrogens is 261 g/mol. The number of anilines is 1. The van der Waals surface area contributed by atoms with E-state index in [1.54, 1.807) is 0 Å². The predicted molar refractivity (Wildman–Crippen MR) is 59.8 cm³/mol. The van der Waals surface area contributed by atoms with Crippen molar-refractivity contribution in [3.05, 3.63) is 22.7 Å². The van der Waals surface area contributed by atoms with Crippen LogP contribution < -0.4 is 11.4 Å². The van der Waals surface area contributed by atoms with Crippen LogP contribution in [-0.2, 0) is 9.53 Å². The normalized spacial score (nSPS) is 30.5. The third-order valence-corrected chi connectivity index (χ3v) is 2.81. The van der Waals surface area contributed by atoms with Crippen LogP contribution in [0.15, 0.2) is 17.1 Å². The summed E-state index contributed by atoms with van der Waals surface area (Å²) in [6, 6.07) is 1.29. The van der Waals surface area contributed by atoms with Crippen LogP contribution in [0.3, 0.4) is 0 Å².